The number of hydrogen-bond donors (Lipinski definition) is 1. The fourth-order valence-electron chi connectivity index (χ4n) is 0.633. The number of rotatable bonds is 1. The van der Waals surface area contributed by atoms with E-state index in [0.717, 1.165) is 5.82 Å². The number of nitrogens with zero attached hydrogens (tertiary/aromatic N) is 2. The van der Waals surface area contributed by atoms with Crippen LogP contribution < -0.4 is 10.5 Å². The lowest BCUT2D eigenvalue weighted by molar-refractivity contribution is -0.651. The van der Waals surface area contributed by atoms with Crippen molar-refractivity contribution < 1.29 is 9.20 Å². The normalized spacial score (nSPS) is 10.6. The summed E-state index contributed by atoms with van der Waals surface area (Å²) in [6, 6.07) is 0. The average Bonchev–Trinajstić information content (AvgIpc) is 2.13. The maximum Gasteiger partial charge on any atom is 0.373 e. The Morgan fingerprint density at radius 1 is 1.78 bits per heavy atom. The van der Waals surface area contributed by atoms with Gasteiger partial charge < -0.3 is 0 Å². The summed E-state index contributed by atoms with van der Waals surface area (Å²) in [5, 5.41) is 3.68. The molecule has 1 rings (SSSR count). The molecule has 0 aliphatic carbocycles. The van der Waals surface area contributed by atoms with Gasteiger partial charge in [-0.1, -0.05) is 18.5 Å². The van der Waals surface area contributed by atoms with E-state index in [2.05, 4.69) is 9.68 Å². The SMILES string of the molecule is CC(C)c1noc[n+]1N. The molecule has 0 aliphatic rings. The first-order valence-electron chi connectivity index (χ1n) is 2.83. The zero-order valence-corrected chi connectivity index (χ0v) is 5.53. The summed E-state index contributed by atoms with van der Waals surface area (Å²) in [7, 11) is 0. The van der Waals surface area contributed by atoms with Gasteiger partial charge in [-0.2, -0.15) is 0 Å². The molecule has 0 spiro atoms. The molecular formula is C5H10N3O+. The molecule has 1 aromatic rings. The van der Waals surface area contributed by atoms with Gasteiger partial charge in [0.1, 0.15) is 0 Å². The number of aromatic nitrogens is 2. The van der Waals surface area contributed by atoms with Gasteiger partial charge in [0.15, 0.2) is 5.16 Å². The van der Waals surface area contributed by atoms with Crippen LogP contribution in [0.15, 0.2) is 10.9 Å². The Bertz CT molecular complexity index is 194. The molecule has 1 heterocycles. The molecule has 0 aromatic carbocycles. The Labute approximate surface area is 53.2 Å². The van der Waals surface area contributed by atoms with Crippen LogP contribution >= 0.6 is 0 Å². The minimum Gasteiger partial charge on any atom is -0.266 e. The summed E-state index contributed by atoms with van der Waals surface area (Å²) in [4.78, 5) is 0. The molecular weight excluding hydrogens is 118 g/mol. The van der Waals surface area contributed by atoms with Crippen molar-refractivity contribution in [1.82, 2.24) is 5.16 Å². The monoisotopic (exact) mass is 128 g/mol. The first kappa shape index (κ1) is 6.07. The third-order valence-electron chi connectivity index (χ3n) is 1.09. The topological polar surface area (TPSA) is 55.9 Å². The molecule has 0 aliphatic heterocycles. The summed E-state index contributed by atoms with van der Waals surface area (Å²) in [6.45, 7) is 4.00. The van der Waals surface area contributed by atoms with Crippen LogP contribution in [0.5, 0.6) is 0 Å². The summed E-state index contributed by atoms with van der Waals surface area (Å²) >= 11 is 0. The molecule has 50 valence electrons. The summed E-state index contributed by atoms with van der Waals surface area (Å²) in [6.07, 6.45) is 1.37. The molecule has 0 fully saturated rings. The fraction of sp³-hybridized carbons (Fsp3) is 0.600. The number of nitrogen functional groups attached to an aromatic ring is 1. The second-order valence-corrected chi connectivity index (χ2v) is 2.22. The highest BCUT2D eigenvalue weighted by Gasteiger charge is 2.17. The van der Waals surface area contributed by atoms with Crippen molar-refractivity contribution in [2.75, 3.05) is 5.84 Å². The van der Waals surface area contributed by atoms with Gasteiger partial charge in [-0.25, -0.2) is 4.52 Å². The molecule has 1 aromatic heterocycles. The van der Waals surface area contributed by atoms with Gasteiger partial charge in [-0.3, -0.25) is 5.84 Å². The van der Waals surface area contributed by atoms with Crippen molar-refractivity contribution in [1.29, 1.82) is 0 Å². The zero-order chi connectivity index (χ0) is 6.85. The summed E-state index contributed by atoms with van der Waals surface area (Å²) in [5.74, 6) is 6.47. The van der Waals surface area contributed by atoms with Crippen LogP contribution in [0.1, 0.15) is 25.6 Å². The second-order valence-electron chi connectivity index (χ2n) is 2.22. The van der Waals surface area contributed by atoms with E-state index in [0.29, 0.717) is 5.92 Å². The first-order chi connectivity index (χ1) is 4.22. The van der Waals surface area contributed by atoms with E-state index >= 15 is 0 Å². The Balaban J connectivity index is 2.94. The lowest BCUT2D eigenvalue weighted by Gasteiger charge is -1.88. The first-order valence-corrected chi connectivity index (χ1v) is 2.83. The van der Waals surface area contributed by atoms with Gasteiger partial charge in [0, 0.05) is 0 Å². The highest BCUT2D eigenvalue weighted by molar-refractivity contribution is 4.77. The van der Waals surface area contributed by atoms with Crippen LogP contribution in [0.4, 0.5) is 0 Å². The lowest BCUT2D eigenvalue weighted by Crippen LogP contribution is -2.46. The van der Waals surface area contributed by atoms with E-state index in [1.807, 2.05) is 13.8 Å². The quantitative estimate of drug-likeness (QED) is 0.421. The Morgan fingerprint density at radius 2 is 2.44 bits per heavy atom. The van der Waals surface area contributed by atoms with E-state index in [-0.39, 0.29) is 0 Å². The molecule has 4 heteroatoms. The standard InChI is InChI=1S/C5H10N3O/c1-4(2)5-7-9-3-8(5)6/h3-4H,6H2,1-2H3/q+1. The summed E-state index contributed by atoms with van der Waals surface area (Å²) in [5.41, 5.74) is 0. The van der Waals surface area contributed by atoms with Crippen molar-refractivity contribution in [3.63, 3.8) is 0 Å². The molecule has 9 heavy (non-hydrogen) atoms. The Morgan fingerprint density at radius 3 is 2.67 bits per heavy atom. The van der Waals surface area contributed by atoms with Gasteiger partial charge in [0.2, 0.25) is 0 Å². The molecule has 0 unspecified atom stereocenters. The highest BCUT2D eigenvalue weighted by atomic mass is 16.5. The average molecular weight is 128 g/mol. The fourth-order valence-corrected chi connectivity index (χ4v) is 0.633. The van der Waals surface area contributed by atoms with E-state index in [4.69, 9.17) is 5.84 Å². The van der Waals surface area contributed by atoms with Gasteiger partial charge >= 0.3 is 12.2 Å². The van der Waals surface area contributed by atoms with E-state index in [1.54, 1.807) is 0 Å². The molecule has 4 nitrogen and oxygen atoms in total. The maximum atomic E-state index is 5.40. The molecule has 0 saturated carbocycles. The van der Waals surface area contributed by atoms with Crippen LogP contribution in [-0.2, 0) is 0 Å². The van der Waals surface area contributed by atoms with Gasteiger partial charge in [-0.15, -0.1) is 0 Å². The maximum absolute atomic E-state index is 5.40. The van der Waals surface area contributed by atoms with Crippen molar-refractivity contribution >= 4 is 0 Å². The molecule has 0 amide bonds. The predicted octanol–water partition coefficient (Wildman–Crippen LogP) is -0.201. The molecule has 0 atom stereocenters. The Hall–Kier alpha value is -1.06. The number of hydrogen-bond acceptors (Lipinski definition) is 3. The molecule has 2 N–H and O–H groups in total. The van der Waals surface area contributed by atoms with E-state index < -0.39 is 0 Å². The van der Waals surface area contributed by atoms with Crippen molar-refractivity contribution in [2.24, 2.45) is 0 Å². The van der Waals surface area contributed by atoms with Crippen molar-refractivity contribution in [3.05, 3.63) is 12.2 Å². The third-order valence-corrected chi connectivity index (χ3v) is 1.09. The lowest BCUT2D eigenvalue weighted by atomic mass is 10.2. The Kier molecular flexibility index (Phi) is 1.38. The summed E-state index contributed by atoms with van der Waals surface area (Å²) < 4.78 is 5.97. The third kappa shape index (κ3) is 1.01. The minimum atomic E-state index is 0.314. The van der Waals surface area contributed by atoms with E-state index in [1.165, 1.54) is 11.1 Å². The molecule has 0 bridgehead atoms. The van der Waals surface area contributed by atoms with Crippen molar-refractivity contribution in [3.8, 4) is 0 Å². The van der Waals surface area contributed by atoms with Crippen molar-refractivity contribution in [2.45, 2.75) is 19.8 Å². The van der Waals surface area contributed by atoms with Crippen LogP contribution in [0.3, 0.4) is 0 Å². The highest BCUT2D eigenvalue weighted by Crippen LogP contribution is 2.03. The largest absolute Gasteiger partial charge is 0.373 e. The minimum absolute atomic E-state index is 0.314. The molecule has 0 radical (unpaired) electrons. The van der Waals surface area contributed by atoms with Gasteiger partial charge in [0.05, 0.1) is 5.92 Å². The van der Waals surface area contributed by atoms with Crippen LogP contribution in [0.2, 0.25) is 0 Å². The van der Waals surface area contributed by atoms with Crippen LogP contribution in [-0.4, -0.2) is 5.16 Å². The van der Waals surface area contributed by atoms with Crippen LogP contribution in [0.25, 0.3) is 0 Å². The zero-order valence-electron chi connectivity index (χ0n) is 5.53. The predicted molar refractivity (Wildman–Crippen MR) is 30.9 cm³/mol. The van der Waals surface area contributed by atoms with E-state index in [9.17, 15) is 0 Å². The smallest absolute Gasteiger partial charge is 0.266 e. The van der Waals surface area contributed by atoms with Gasteiger partial charge in [-0.05, 0) is 0 Å². The van der Waals surface area contributed by atoms with Crippen LogP contribution in [0, 0.1) is 0 Å². The molecule has 0 saturated heterocycles. The number of nitrogens with two attached hydrogens (primary N) is 1. The second kappa shape index (κ2) is 2.05. The van der Waals surface area contributed by atoms with Gasteiger partial charge in [0.25, 0.3) is 0 Å².